The van der Waals surface area contributed by atoms with Crippen molar-refractivity contribution in [2.24, 2.45) is 0 Å². The second-order valence-corrected chi connectivity index (χ2v) is 5.33. The van der Waals surface area contributed by atoms with Crippen molar-refractivity contribution in [2.75, 3.05) is 0 Å². The quantitative estimate of drug-likeness (QED) is 0.765. The van der Waals surface area contributed by atoms with Crippen molar-refractivity contribution in [1.82, 2.24) is 0 Å². The van der Waals surface area contributed by atoms with Gasteiger partial charge in [0, 0.05) is 11.8 Å². The zero-order chi connectivity index (χ0) is 15.9. The number of aliphatic hydroxyl groups excluding tert-OH is 2. The van der Waals surface area contributed by atoms with Crippen LogP contribution < -0.4 is 0 Å². The molecule has 0 aliphatic rings. The van der Waals surface area contributed by atoms with E-state index in [-0.39, 0.29) is 11.8 Å². The summed E-state index contributed by atoms with van der Waals surface area (Å²) in [6.45, 7) is 7.60. The van der Waals surface area contributed by atoms with E-state index in [0.717, 1.165) is 11.1 Å². The van der Waals surface area contributed by atoms with Crippen LogP contribution in [0.1, 0.15) is 23.0 Å². The molecule has 2 aromatic rings. The Morgan fingerprint density at radius 3 is 1.23 bits per heavy atom. The Morgan fingerprint density at radius 1 is 0.636 bits per heavy atom. The number of aliphatic hydroxyl groups is 2. The van der Waals surface area contributed by atoms with Crippen LogP contribution in [-0.4, -0.2) is 22.4 Å². The van der Waals surface area contributed by atoms with Gasteiger partial charge in [0.2, 0.25) is 0 Å². The summed E-state index contributed by atoms with van der Waals surface area (Å²) in [5, 5.41) is 21.2. The third kappa shape index (κ3) is 3.53. The molecule has 4 atom stereocenters. The minimum absolute atomic E-state index is 0.331. The Hall–Kier alpha value is -2.16. The third-order valence-electron chi connectivity index (χ3n) is 3.96. The second-order valence-electron chi connectivity index (χ2n) is 5.33. The summed E-state index contributed by atoms with van der Waals surface area (Å²) in [4.78, 5) is 0. The molecule has 0 radical (unpaired) electrons. The van der Waals surface area contributed by atoms with Crippen LogP contribution >= 0.6 is 0 Å². The van der Waals surface area contributed by atoms with Crippen LogP contribution in [0.2, 0.25) is 0 Å². The van der Waals surface area contributed by atoms with Crippen molar-refractivity contribution < 1.29 is 10.2 Å². The lowest BCUT2D eigenvalue weighted by Gasteiger charge is -2.29. The lowest BCUT2D eigenvalue weighted by molar-refractivity contribution is 0.00328. The molecule has 0 saturated carbocycles. The van der Waals surface area contributed by atoms with Crippen molar-refractivity contribution in [1.29, 1.82) is 0 Å². The van der Waals surface area contributed by atoms with Gasteiger partial charge in [0.1, 0.15) is 0 Å². The smallest absolute Gasteiger partial charge is 0.0910 e. The minimum atomic E-state index is -0.955. The molecule has 22 heavy (non-hydrogen) atoms. The molecule has 0 saturated heterocycles. The summed E-state index contributed by atoms with van der Waals surface area (Å²) in [5.41, 5.74) is 1.86. The molecule has 2 N–H and O–H groups in total. The number of hydrogen-bond acceptors (Lipinski definition) is 2. The number of benzene rings is 2. The maximum absolute atomic E-state index is 10.6. The van der Waals surface area contributed by atoms with Gasteiger partial charge in [-0.25, -0.2) is 0 Å². The summed E-state index contributed by atoms with van der Waals surface area (Å²) in [7, 11) is 0. The fourth-order valence-electron chi connectivity index (χ4n) is 2.72. The maximum atomic E-state index is 10.6. The van der Waals surface area contributed by atoms with E-state index in [4.69, 9.17) is 0 Å². The van der Waals surface area contributed by atoms with Gasteiger partial charge >= 0.3 is 0 Å². The van der Waals surface area contributed by atoms with Gasteiger partial charge < -0.3 is 10.2 Å². The Labute approximate surface area is 132 Å². The molecule has 2 aromatic carbocycles. The maximum Gasteiger partial charge on any atom is 0.0910 e. The fourth-order valence-corrected chi connectivity index (χ4v) is 2.72. The topological polar surface area (TPSA) is 40.5 Å². The first-order chi connectivity index (χ1) is 10.7. The lowest BCUT2D eigenvalue weighted by atomic mass is 9.83. The van der Waals surface area contributed by atoms with Gasteiger partial charge in [0.25, 0.3) is 0 Å². The van der Waals surface area contributed by atoms with Gasteiger partial charge in [-0.05, 0) is 11.1 Å². The monoisotopic (exact) mass is 294 g/mol. The summed E-state index contributed by atoms with van der Waals surface area (Å²) >= 11 is 0. The third-order valence-corrected chi connectivity index (χ3v) is 3.96. The van der Waals surface area contributed by atoms with E-state index >= 15 is 0 Å². The normalized spacial score (nSPS) is 16.3. The highest BCUT2D eigenvalue weighted by Crippen LogP contribution is 2.30. The predicted octanol–water partition coefficient (Wildman–Crippen LogP) is 3.65. The minimum Gasteiger partial charge on any atom is -0.389 e. The Bertz CT molecular complexity index is 536. The molecule has 2 rings (SSSR count). The Morgan fingerprint density at radius 2 is 0.955 bits per heavy atom. The number of hydrogen-bond donors (Lipinski definition) is 2. The van der Waals surface area contributed by atoms with Crippen LogP contribution in [0.15, 0.2) is 86.0 Å². The van der Waals surface area contributed by atoms with Gasteiger partial charge in [-0.2, -0.15) is 0 Å². The molecule has 0 fully saturated rings. The average Bonchev–Trinajstić information content (AvgIpc) is 2.58. The van der Waals surface area contributed by atoms with E-state index in [1.807, 2.05) is 60.7 Å². The fraction of sp³-hybridized carbons (Fsp3) is 0.200. The Kier molecular flexibility index (Phi) is 5.70. The van der Waals surface area contributed by atoms with E-state index in [1.54, 1.807) is 12.2 Å². The summed E-state index contributed by atoms with van der Waals surface area (Å²) in [6, 6.07) is 19.2. The van der Waals surface area contributed by atoms with Gasteiger partial charge in [-0.15, -0.1) is 13.2 Å². The summed E-state index contributed by atoms with van der Waals surface area (Å²) < 4.78 is 0. The van der Waals surface area contributed by atoms with Crippen LogP contribution in [0.5, 0.6) is 0 Å². The van der Waals surface area contributed by atoms with Crippen LogP contribution in [-0.2, 0) is 0 Å². The molecule has 0 unspecified atom stereocenters. The first-order valence-electron chi connectivity index (χ1n) is 7.40. The van der Waals surface area contributed by atoms with Crippen molar-refractivity contribution in [2.45, 2.75) is 24.0 Å². The molecule has 0 amide bonds. The highest BCUT2D eigenvalue weighted by atomic mass is 16.3. The zero-order valence-electron chi connectivity index (χ0n) is 12.5. The molecule has 114 valence electrons. The molecule has 0 aromatic heterocycles. The molecular formula is C20H22O2. The van der Waals surface area contributed by atoms with Crippen molar-refractivity contribution >= 4 is 0 Å². The lowest BCUT2D eigenvalue weighted by Crippen LogP contribution is -2.35. The first-order valence-corrected chi connectivity index (χ1v) is 7.40. The first kappa shape index (κ1) is 16.2. The summed E-state index contributed by atoms with van der Waals surface area (Å²) in [6.07, 6.45) is 1.44. The van der Waals surface area contributed by atoms with Crippen LogP contribution in [0.25, 0.3) is 0 Å². The molecule has 0 aliphatic heterocycles. The molecular weight excluding hydrogens is 272 g/mol. The van der Waals surface area contributed by atoms with Crippen molar-refractivity contribution in [3.8, 4) is 0 Å². The van der Waals surface area contributed by atoms with Gasteiger partial charge in [0.05, 0.1) is 12.2 Å². The van der Waals surface area contributed by atoms with E-state index in [2.05, 4.69) is 13.2 Å². The van der Waals surface area contributed by atoms with Crippen molar-refractivity contribution in [3.63, 3.8) is 0 Å². The van der Waals surface area contributed by atoms with E-state index < -0.39 is 12.2 Å². The zero-order valence-corrected chi connectivity index (χ0v) is 12.5. The van der Waals surface area contributed by atoms with E-state index in [1.165, 1.54) is 0 Å². The van der Waals surface area contributed by atoms with E-state index in [0.29, 0.717) is 0 Å². The Balaban J connectivity index is 2.24. The van der Waals surface area contributed by atoms with Gasteiger partial charge in [0.15, 0.2) is 0 Å². The molecule has 2 heteroatoms. The summed E-state index contributed by atoms with van der Waals surface area (Å²) in [5.74, 6) is -0.662. The largest absolute Gasteiger partial charge is 0.389 e. The predicted molar refractivity (Wildman–Crippen MR) is 90.8 cm³/mol. The van der Waals surface area contributed by atoms with Crippen LogP contribution in [0.4, 0.5) is 0 Å². The van der Waals surface area contributed by atoms with Crippen LogP contribution in [0.3, 0.4) is 0 Å². The van der Waals surface area contributed by atoms with E-state index in [9.17, 15) is 10.2 Å². The highest BCUT2D eigenvalue weighted by Gasteiger charge is 2.30. The molecule has 0 heterocycles. The molecule has 0 bridgehead atoms. The second kappa shape index (κ2) is 7.74. The average molecular weight is 294 g/mol. The molecule has 0 spiro atoms. The number of rotatable bonds is 7. The molecule has 2 nitrogen and oxygen atoms in total. The van der Waals surface area contributed by atoms with Crippen LogP contribution in [0, 0.1) is 0 Å². The standard InChI is InChI=1S/C20H22O2/c1-3-17(15-11-7-5-8-12-15)19(21)20(22)18(4-2)16-13-9-6-10-14-16/h3-14,17-22H,1-2H2/t17-,18-,19+,20+/m1/s1. The van der Waals surface area contributed by atoms with Gasteiger partial charge in [-0.1, -0.05) is 72.8 Å². The van der Waals surface area contributed by atoms with Gasteiger partial charge in [-0.3, -0.25) is 0 Å². The highest BCUT2D eigenvalue weighted by molar-refractivity contribution is 5.29. The molecule has 0 aliphatic carbocycles. The SMILES string of the molecule is C=C[C@H](c1ccccc1)[C@H](O)[C@@H](O)[C@H](C=C)c1ccccc1. The van der Waals surface area contributed by atoms with Crippen molar-refractivity contribution in [3.05, 3.63) is 97.1 Å².